The second-order valence-electron chi connectivity index (χ2n) is 14.1. The number of hydrogen-bond acceptors (Lipinski definition) is 7. The van der Waals surface area contributed by atoms with E-state index in [1.165, 1.54) is 0 Å². The summed E-state index contributed by atoms with van der Waals surface area (Å²) in [6.45, 7) is 16.3. The maximum atomic E-state index is 16.6. The van der Waals surface area contributed by atoms with E-state index in [1.807, 2.05) is 12.1 Å². The third kappa shape index (κ3) is 5.63. The largest absolute Gasteiger partial charge is 0.493 e. The Balaban J connectivity index is 1.49. The van der Waals surface area contributed by atoms with Crippen LogP contribution in [0.2, 0.25) is 16.6 Å². The first-order chi connectivity index (χ1) is 22.3. The number of aryl methyl sites for hydroxylation is 1. The fraction of sp³-hybridized carbons (Fsp3) is 0.500. The van der Waals surface area contributed by atoms with E-state index < -0.39 is 42.9 Å². The van der Waals surface area contributed by atoms with Crippen LogP contribution in [0.4, 0.5) is 13.2 Å². The zero-order chi connectivity index (χ0) is 33.8. The molecule has 0 bridgehead atoms. The number of fused-ring (bicyclic) bond motifs is 3. The molecule has 0 aliphatic carbocycles. The van der Waals surface area contributed by atoms with Crippen LogP contribution < -0.4 is 4.74 Å². The van der Waals surface area contributed by atoms with Crippen molar-refractivity contribution < 1.29 is 23.0 Å². The SMILES string of the molecule is Cc1nc(-c2c(F)cc3c(O)nc(OC[C@@]45CCCN4C[C@H](F)C5)nc3c2F)c2c(C#C[Si](C(C)C)(C(C)C)C(C)C)cccc2n1. The van der Waals surface area contributed by atoms with E-state index in [-0.39, 0.29) is 29.2 Å². The fourth-order valence-electron chi connectivity index (χ4n) is 8.28. The second-order valence-corrected chi connectivity index (χ2v) is 19.7. The Kier molecular flexibility index (Phi) is 8.72. The van der Waals surface area contributed by atoms with Crippen LogP contribution in [0, 0.1) is 30.0 Å². The van der Waals surface area contributed by atoms with Crippen LogP contribution in [0.5, 0.6) is 11.9 Å². The minimum Gasteiger partial charge on any atom is -0.493 e. The molecule has 248 valence electrons. The molecule has 2 saturated heterocycles. The molecule has 6 rings (SSSR count). The van der Waals surface area contributed by atoms with Crippen molar-refractivity contribution in [3.63, 3.8) is 0 Å². The molecule has 47 heavy (non-hydrogen) atoms. The average Bonchev–Trinajstić information content (AvgIpc) is 3.52. The van der Waals surface area contributed by atoms with Gasteiger partial charge in [-0.15, -0.1) is 5.54 Å². The molecule has 7 nitrogen and oxygen atoms in total. The number of alkyl halides is 1. The molecule has 2 aromatic carbocycles. The average molecular weight is 662 g/mol. The normalized spacial score (nSPS) is 20.1. The summed E-state index contributed by atoms with van der Waals surface area (Å²) in [6.07, 6.45) is 1.06. The highest BCUT2D eigenvalue weighted by Gasteiger charge is 2.49. The molecule has 11 heteroatoms. The van der Waals surface area contributed by atoms with Crippen molar-refractivity contribution >= 4 is 29.9 Å². The van der Waals surface area contributed by atoms with Crippen LogP contribution in [0.25, 0.3) is 33.1 Å². The monoisotopic (exact) mass is 661 g/mol. The number of rotatable bonds is 7. The number of hydrogen-bond donors (Lipinski definition) is 1. The molecule has 0 amide bonds. The predicted octanol–water partition coefficient (Wildman–Crippen LogP) is 8.06. The summed E-state index contributed by atoms with van der Waals surface area (Å²) in [7, 11) is -2.14. The van der Waals surface area contributed by atoms with Crippen LogP contribution in [-0.2, 0) is 0 Å². The van der Waals surface area contributed by atoms with Crippen LogP contribution in [-0.4, -0.2) is 69.4 Å². The third-order valence-corrected chi connectivity index (χ3v) is 16.7. The van der Waals surface area contributed by atoms with Crippen LogP contribution in [0.3, 0.4) is 0 Å². The Morgan fingerprint density at radius 2 is 1.79 bits per heavy atom. The first-order valence-electron chi connectivity index (χ1n) is 16.5. The van der Waals surface area contributed by atoms with E-state index in [2.05, 4.69) is 77.8 Å². The molecular weight excluding hydrogens is 620 g/mol. The van der Waals surface area contributed by atoms with Crippen molar-refractivity contribution in [2.45, 2.75) is 96.1 Å². The number of aromatic hydroxyl groups is 1. The Morgan fingerprint density at radius 3 is 2.49 bits per heavy atom. The molecule has 4 aromatic rings. The molecule has 2 aromatic heterocycles. The van der Waals surface area contributed by atoms with E-state index in [0.29, 0.717) is 51.9 Å². The molecule has 0 unspecified atom stereocenters. The molecule has 2 atom stereocenters. The van der Waals surface area contributed by atoms with Gasteiger partial charge in [0.1, 0.15) is 38.0 Å². The van der Waals surface area contributed by atoms with Gasteiger partial charge in [-0.2, -0.15) is 9.97 Å². The highest BCUT2D eigenvalue weighted by molar-refractivity contribution is 6.90. The van der Waals surface area contributed by atoms with Crippen molar-refractivity contribution in [2.24, 2.45) is 0 Å². The van der Waals surface area contributed by atoms with Crippen LogP contribution >= 0.6 is 0 Å². The van der Waals surface area contributed by atoms with Crippen molar-refractivity contribution in [1.29, 1.82) is 0 Å². The molecule has 2 fully saturated rings. The van der Waals surface area contributed by atoms with Gasteiger partial charge in [0.25, 0.3) is 0 Å². The molecular formula is C36H42F3N5O2Si. The summed E-state index contributed by atoms with van der Waals surface area (Å²) in [4.78, 5) is 19.5. The lowest BCUT2D eigenvalue weighted by molar-refractivity contribution is 0.107. The predicted molar refractivity (Wildman–Crippen MR) is 181 cm³/mol. The minimum absolute atomic E-state index is 0.0567. The van der Waals surface area contributed by atoms with Gasteiger partial charge in [-0.3, -0.25) is 4.90 Å². The quantitative estimate of drug-likeness (QED) is 0.158. The molecule has 0 spiro atoms. The van der Waals surface area contributed by atoms with E-state index in [0.717, 1.165) is 25.5 Å². The van der Waals surface area contributed by atoms with Gasteiger partial charge in [0, 0.05) is 23.9 Å². The van der Waals surface area contributed by atoms with Gasteiger partial charge in [-0.05, 0) is 61.1 Å². The van der Waals surface area contributed by atoms with Gasteiger partial charge in [0.2, 0.25) is 5.88 Å². The zero-order valence-corrected chi connectivity index (χ0v) is 29.1. The van der Waals surface area contributed by atoms with Gasteiger partial charge in [-0.25, -0.2) is 23.1 Å². The molecule has 2 aliphatic rings. The third-order valence-electron chi connectivity index (χ3n) is 10.4. The lowest BCUT2D eigenvalue weighted by Gasteiger charge is -2.38. The Labute approximate surface area is 275 Å². The summed E-state index contributed by atoms with van der Waals surface area (Å²) < 4.78 is 52.8. The van der Waals surface area contributed by atoms with Gasteiger partial charge >= 0.3 is 6.01 Å². The first-order valence-corrected chi connectivity index (χ1v) is 18.7. The van der Waals surface area contributed by atoms with Gasteiger partial charge in [-0.1, -0.05) is 53.5 Å². The summed E-state index contributed by atoms with van der Waals surface area (Å²) >= 11 is 0. The lowest BCUT2D eigenvalue weighted by Crippen LogP contribution is -2.43. The topological polar surface area (TPSA) is 84.3 Å². The minimum atomic E-state index is -2.14. The number of benzene rings is 2. The maximum absolute atomic E-state index is 16.6. The summed E-state index contributed by atoms with van der Waals surface area (Å²) in [5.74, 6) is 1.22. The van der Waals surface area contributed by atoms with Crippen molar-refractivity contribution in [3.8, 4) is 34.6 Å². The number of aromatic nitrogens is 4. The lowest BCUT2D eigenvalue weighted by atomic mass is 9.95. The maximum Gasteiger partial charge on any atom is 0.320 e. The van der Waals surface area contributed by atoms with Gasteiger partial charge in [0.05, 0.1) is 27.7 Å². The Hall–Kier alpha value is -3.75. The fourth-order valence-corrected chi connectivity index (χ4v) is 13.5. The Morgan fingerprint density at radius 1 is 1.06 bits per heavy atom. The zero-order valence-electron chi connectivity index (χ0n) is 28.1. The standard InChI is InChI=1S/C36H42F3N5O2Si/c1-20(2)47(21(3)4,22(5)6)15-12-24-10-8-11-28-29(24)33(41-23(7)40-28)30-27(38)16-26-32(31(30)39)42-35(43-34(26)45)46-19-36-13-9-14-44(36)18-25(37)17-36/h8,10-11,16,20-22,25H,9,13-14,17-19H2,1-7H3,(H,42,43,45)/t25-,36+/m1/s1. The number of halogens is 3. The first kappa shape index (κ1) is 33.2. The second kappa shape index (κ2) is 12.4. The smallest absolute Gasteiger partial charge is 0.320 e. The molecule has 0 radical (unpaired) electrons. The van der Waals surface area contributed by atoms with E-state index in [1.54, 1.807) is 13.0 Å². The summed E-state index contributed by atoms with van der Waals surface area (Å²) in [5, 5.41) is 11.0. The molecule has 2 aliphatic heterocycles. The number of ether oxygens (including phenoxy) is 1. The van der Waals surface area contributed by atoms with Crippen LogP contribution in [0.1, 0.15) is 72.2 Å². The van der Waals surface area contributed by atoms with Gasteiger partial charge in [0.15, 0.2) is 5.82 Å². The highest BCUT2D eigenvalue weighted by Crippen LogP contribution is 2.43. The summed E-state index contributed by atoms with van der Waals surface area (Å²) in [6, 6.07) is 6.22. The van der Waals surface area contributed by atoms with E-state index >= 15 is 8.78 Å². The van der Waals surface area contributed by atoms with Gasteiger partial charge < -0.3 is 9.84 Å². The Bertz CT molecular complexity index is 1900. The van der Waals surface area contributed by atoms with Crippen molar-refractivity contribution in [2.75, 3.05) is 19.7 Å². The molecule has 0 saturated carbocycles. The van der Waals surface area contributed by atoms with Crippen molar-refractivity contribution in [3.05, 3.63) is 47.3 Å². The molecule has 1 N–H and O–H groups in total. The van der Waals surface area contributed by atoms with Crippen LogP contribution in [0.15, 0.2) is 24.3 Å². The van der Waals surface area contributed by atoms with E-state index in [9.17, 15) is 9.50 Å². The number of nitrogens with zero attached hydrogens (tertiary/aromatic N) is 5. The highest BCUT2D eigenvalue weighted by atomic mass is 28.3. The summed E-state index contributed by atoms with van der Waals surface area (Å²) in [5.41, 5.74) is 4.86. The van der Waals surface area contributed by atoms with E-state index in [4.69, 9.17) is 4.74 Å². The van der Waals surface area contributed by atoms with Crippen molar-refractivity contribution in [1.82, 2.24) is 24.8 Å². The molecule has 4 heterocycles.